The van der Waals surface area contributed by atoms with Crippen LogP contribution in [0.2, 0.25) is 0 Å². The van der Waals surface area contributed by atoms with Gasteiger partial charge in [-0.3, -0.25) is 0 Å². The normalized spacial score (nSPS) is 30.6. The molecular weight excluding hydrogens is 483 g/mol. The van der Waals surface area contributed by atoms with Crippen molar-refractivity contribution in [2.45, 2.75) is 75.4 Å². The third kappa shape index (κ3) is 5.03. The SMILES string of the molecule is CCCC12COC(C3CCC(c4ccc(-c5ccc(C(F)(F)OC(F)(F)F)cc5)cc4)CC3)(OC1)O2. The molecule has 0 amide bonds. The standard InChI is InChI=1S/C27H29F5O4/c1-2-15-24-16-33-26(35-24,34-17-24)23-13-9-21(10-14-23)19-5-3-18(4-6-19)20-7-11-22(12-8-20)25(28,29)36-27(30,31)32/h3-8,11-12,21,23H,2,9-10,13-17H2,1H3. The van der Waals surface area contributed by atoms with Gasteiger partial charge in [-0.15, -0.1) is 13.2 Å². The summed E-state index contributed by atoms with van der Waals surface area (Å²) < 4.78 is 85.5. The summed E-state index contributed by atoms with van der Waals surface area (Å²) in [7, 11) is 0. The molecule has 0 aromatic heterocycles. The van der Waals surface area contributed by atoms with E-state index in [0.717, 1.165) is 56.2 Å². The quantitative estimate of drug-likeness (QED) is 0.361. The molecule has 4 nitrogen and oxygen atoms in total. The number of hydrogen-bond acceptors (Lipinski definition) is 4. The summed E-state index contributed by atoms with van der Waals surface area (Å²) in [6, 6.07) is 12.5. The second-order valence-corrected chi connectivity index (χ2v) is 10.0. The van der Waals surface area contributed by atoms with Crippen molar-refractivity contribution in [3.8, 4) is 11.1 Å². The minimum absolute atomic E-state index is 0.201. The van der Waals surface area contributed by atoms with Crippen molar-refractivity contribution in [2.75, 3.05) is 13.2 Å². The summed E-state index contributed by atoms with van der Waals surface area (Å²) in [6.07, 6.45) is -4.10. The molecule has 3 aliphatic rings. The summed E-state index contributed by atoms with van der Waals surface area (Å²) in [4.78, 5) is 0. The fraction of sp³-hybridized carbons (Fsp3) is 0.556. The van der Waals surface area contributed by atoms with Crippen molar-refractivity contribution in [3.05, 3.63) is 59.7 Å². The Kier molecular flexibility index (Phi) is 6.64. The first-order valence-electron chi connectivity index (χ1n) is 12.4. The minimum atomic E-state index is -5.43. The van der Waals surface area contributed by atoms with Gasteiger partial charge in [0.1, 0.15) is 5.60 Å². The van der Waals surface area contributed by atoms with E-state index in [1.165, 1.54) is 17.7 Å². The fourth-order valence-corrected chi connectivity index (χ4v) is 5.73. The molecule has 0 N–H and O–H groups in total. The number of rotatable bonds is 7. The predicted octanol–water partition coefficient (Wildman–Crippen LogP) is 7.48. The van der Waals surface area contributed by atoms with Gasteiger partial charge in [-0.25, -0.2) is 4.74 Å². The molecule has 9 heteroatoms. The second-order valence-electron chi connectivity index (χ2n) is 10.0. The highest BCUT2D eigenvalue weighted by Crippen LogP contribution is 2.52. The minimum Gasteiger partial charge on any atom is -0.324 e. The number of ether oxygens (including phenoxy) is 4. The number of alkyl halides is 5. The summed E-state index contributed by atoms with van der Waals surface area (Å²) in [5.41, 5.74) is 1.46. The van der Waals surface area contributed by atoms with Gasteiger partial charge in [0.2, 0.25) is 0 Å². The van der Waals surface area contributed by atoms with Crippen LogP contribution < -0.4 is 0 Å². The first kappa shape index (κ1) is 25.6. The zero-order valence-electron chi connectivity index (χ0n) is 20.0. The molecule has 0 unspecified atom stereocenters. The van der Waals surface area contributed by atoms with Gasteiger partial charge in [0, 0.05) is 5.92 Å². The average Bonchev–Trinajstić information content (AvgIpc) is 3.41. The van der Waals surface area contributed by atoms with Gasteiger partial charge in [0.05, 0.1) is 18.8 Å². The lowest BCUT2D eigenvalue weighted by Crippen LogP contribution is -2.42. The Hall–Kier alpha value is -2.07. The van der Waals surface area contributed by atoms with Crippen LogP contribution in [0.25, 0.3) is 11.1 Å². The molecule has 0 radical (unpaired) electrons. The van der Waals surface area contributed by atoms with Crippen LogP contribution in [0, 0.1) is 5.92 Å². The summed E-state index contributed by atoms with van der Waals surface area (Å²) in [5.74, 6) is -0.305. The van der Waals surface area contributed by atoms with E-state index in [-0.39, 0.29) is 11.5 Å². The summed E-state index contributed by atoms with van der Waals surface area (Å²) in [6.45, 7) is 3.32. The fourth-order valence-electron chi connectivity index (χ4n) is 5.73. The van der Waals surface area contributed by atoms with E-state index in [1.807, 2.05) is 24.3 Å². The number of fused-ring (bicyclic) bond motifs is 2. The lowest BCUT2D eigenvalue weighted by atomic mass is 9.77. The first-order chi connectivity index (χ1) is 17.0. The smallest absolute Gasteiger partial charge is 0.324 e. The lowest BCUT2D eigenvalue weighted by molar-refractivity contribution is -0.431. The van der Waals surface area contributed by atoms with Crippen molar-refractivity contribution < 1.29 is 40.9 Å². The maximum atomic E-state index is 13.7. The zero-order valence-corrected chi connectivity index (χ0v) is 20.0. The van der Waals surface area contributed by atoms with E-state index in [2.05, 4.69) is 11.7 Å². The molecule has 2 aromatic rings. The van der Waals surface area contributed by atoms with Gasteiger partial charge < -0.3 is 14.2 Å². The molecule has 1 saturated carbocycles. The van der Waals surface area contributed by atoms with E-state index >= 15 is 0 Å². The van der Waals surface area contributed by atoms with E-state index in [0.29, 0.717) is 24.7 Å². The second kappa shape index (κ2) is 9.35. The van der Waals surface area contributed by atoms with Gasteiger partial charge in [0.15, 0.2) is 0 Å². The van der Waals surface area contributed by atoms with Crippen molar-refractivity contribution in [2.24, 2.45) is 5.92 Å². The van der Waals surface area contributed by atoms with Gasteiger partial charge in [-0.05, 0) is 66.8 Å². The predicted molar refractivity (Wildman–Crippen MR) is 121 cm³/mol. The van der Waals surface area contributed by atoms with Gasteiger partial charge >= 0.3 is 12.5 Å². The third-order valence-electron chi connectivity index (χ3n) is 7.54. The first-order valence-corrected chi connectivity index (χ1v) is 12.4. The average molecular weight is 513 g/mol. The maximum Gasteiger partial charge on any atom is 0.527 e. The van der Waals surface area contributed by atoms with Crippen molar-refractivity contribution in [1.29, 1.82) is 0 Å². The van der Waals surface area contributed by atoms with Crippen LogP contribution in [0.4, 0.5) is 22.0 Å². The zero-order chi connectivity index (χ0) is 25.6. The van der Waals surface area contributed by atoms with Gasteiger partial charge in [-0.1, -0.05) is 49.7 Å². The molecule has 1 aliphatic carbocycles. The van der Waals surface area contributed by atoms with E-state index < -0.39 is 24.0 Å². The van der Waals surface area contributed by atoms with E-state index in [1.54, 1.807) is 0 Å². The monoisotopic (exact) mass is 512 g/mol. The molecule has 2 saturated heterocycles. The van der Waals surface area contributed by atoms with Crippen molar-refractivity contribution in [3.63, 3.8) is 0 Å². The molecule has 2 heterocycles. The molecule has 0 spiro atoms. The maximum absolute atomic E-state index is 13.7. The van der Waals surface area contributed by atoms with Gasteiger partial charge in [0.25, 0.3) is 5.97 Å². The van der Waals surface area contributed by atoms with E-state index in [4.69, 9.17) is 14.2 Å². The number of hydrogen-bond donors (Lipinski definition) is 0. The van der Waals surface area contributed by atoms with Crippen molar-refractivity contribution in [1.82, 2.24) is 0 Å². The Morgan fingerprint density at radius 3 is 1.92 bits per heavy atom. The van der Waals surface area contributed by atoms with Crippen LogP contribution in [0.1, 0.15) is 62.5 Å². The Balaban J connectivity index is 1.19. The van der Waals surface area contributed by atoms with Crippen LogP contribution in [-0.4, -0.2) is 31.2 Å². The van der Waals surface area contributed by atoms with E-state index in [9.17, 15) is 22.0 Å². The topological polar surface area (TPSA) is 36.9 Å². The molecule has 5 rings (SSSR count). The summed E-state index contributed by atoms with van der Waals surface area (Å²) >= 11 is 0. The lowest BCUT2D eigenvalue weighted by Gasteiger charge is -2.37. The Morgan fingerprint density at radius 2 is 1.39 bits per heavy atom. The highest BCUT2D eigenvalue weighted by Gasteiger charge is 2.62. The Labute approximate surface area is 206 Å². The van der Waals surface area contributed by atoms with Crippen molar-refractivity contribution >= 4 is 0 Å². The number of benzene rings is 2. The molecule has 2 bridgehead atoms. The highest BCUT2D eigenvalue weighted by atomic mass is 19.4. The Bertz CT molecular complexity index is 1040. The molecule has 3 fully saturated rings. The van der Waals surface area contributed by atoms with Crippen LogP contribution in [0.5, 0.6) is 0 Å². The largest absolute Gasteiger partial charge is 0.527 e. The van der Waals surface area contributed by atoms with Crippen LogP contribution in [0.3, 0.4) is 0 Å². The van der Waals surface area contributed by atoms with Crippen LogP contribution >= 0.6 is 0 Å². The number of halogens is 5. The molecule has 36 heavy (non-hydrogen) atoms. The van der Waals surface area contributed by atoms with Gasteiger partial charge in [-0.2, -0.15) is 8.78 Å². The highest BCUT2D eigenvalue weighted by molar-refractivity contribution is 5.64. The van der Waals surface area contributed by atoms with Crippen LogP contribution in [0.15, 0.2) is 48.5 Å². The molecule has 2 aromatic carbocycles. The molecular formula is C27H29F5O4. The Morgan fingerprint density at radius 1 is 0.833 bits per heavy atom. The molecule has 0 atom stereocenters. The third-order valence-corrected chi connectivity index (χ3v) is 7.54. The molecule has 196 valence electrons. The summed E-state index contributed by atoms with van der Waals surface area (Å²) in [5, 5.41) is 0. The van der Waals surface area contributed by atoms with Crippen LogP contribution in [-0.2, 0) is 25.1 Å². The molecule has 2 aliphatic heterocycles.